The van der Waals surface area contributed by atoms with Crippen LogP contribution in [0.3, 0.4) is 0 Å². The molecule has 4 nitrogen and oxygen atoms in total. The Labute approximate surface area is 118 Å². The third kappa shape index (κ3) is 3.35. The van der Waals surface area contributed by atoms with Crippen LogP contribution in [0.15, 0.2) is 23.1 Å². The van der Waals surface area contributed by atoms with Crippen molar-refractivity contribution in [2.24, 2.45) is 0 Å². The number of hydrogen-bond acceptors (Lipinski definition) is 3. The molecule has 0 unspecified atom stereocenters. The molecule has 0 spiro atoms. The van der Waals surface area contributed by atoms with Crippen molar-refractivity contribution in [2.45, 2.75) is 12.6 Å². The van der Waals surface area contributed by atoms with Crippen molar-refractivity contribution in [1.29, 1.82) is 0 Å². The fraction of sp³-hybridized carbons (Fsp3) is 0.182. The molecule has 21 heavy (non-hydrogen) atoms. The predicted molar refractivity (Wildman–Crippen MR) is 63.1 cm³/mol. The van der Waals surface area contributed by atoms with Crippen LogP contribution in [-0.2, 0) is 6.18 Å². The molecule has 2 heterocycles. The van der Waals surface area contributed by atoms with Crippen molar-refractivity contribution >= 4 is 11.6 Å². The average Bonchev–Trinajstić information content (AvgIpc) is 2.36. The summed E-state index contributed by atoms with van der Waals surface area (Å²) in [7, 11) is 0. The first kappa shape index (κ1) is 15.4. The van der Waals surface area contributed by atoms with Gasteiger partial charge in [0.1, 0.15) is 11.4 Å². The monoisotopic (exact) mass is 325 g/mol. The summed E-state index contributed by atoms with van der Waals surface area (Å²) in [5.41, 5.74) is -3.16. The summed E-state index contributed by atoms with van der Waals surface area (Å²) in [5, 5.41) is -0.473. The first-order valence-corrected chi connectivity index (χ1v) is 5.69. The van der Waals surface area contributed by atoms with Crippen LogP contribution in [0.2, 0.25) is 5.02 Å². The highest BCUT2D eigenvalue weighted by atomic mass is 35.5. The van der Waals surface area contributed by atoms with Crippen LogP contribution in [0.25, 0.3) is 11.5 Å². The maximum atomic E-state index is 12.5. The molecule has 0 aliphatic rings. The number of rotatable bonds is 2. The number of nitrogens with zero attached hydrogens (tertiary/aromatic N) is 2. The van der Waals surface area contributed by atoms with Crippen LogP contribution in [0.1, 0.15) is 17.7 Å². The number of aromatic nitrogens is 3. The number of pyridine rings is 1. The number of hydrogen-bond donors (Lipinski definition) is 1. The van der Waals surface area contributed by atoms with Gasteiger partial charge >= 0.3 is 6.18 Å². The van der Waals surface area contributed by atoms with Gasteiger partial charge in [0.25, 0.3) is 12.0 Å². The second-order valence-corrected chi connectivity index (χ2v) is 4.28. The molecular weight excluding hydrogens is 321 g/mol. The van der Waals surface area contributed by atoms with Crippen LogP contribution in [0.5, 0.6) is 0 Å². The van der Waals surface area contributed by atoms with E-state index in [1.807, 2.05) is 0 Å². The van der Waals surface area contributed by atoms with Crippen molar-refractivity contribution in [3.63, 3.8) is 0 Å². The smallest absolute Gasteiger partial charge is 0.305 e. The molecule has 0 saturated carbocycles. The van der Waals surface area contributed by atoms with Crippen LogP contribution in [0.4, 0.5) is 22.0 Å². The van der Waals surface area contributed by atoms with E-state index in [1.165, 1.54) is 0 Å². The average molecular weight is 326 g/mol. The fourth-order valence-corrected chi connectivity index (χ4v) is 1.72. The zero-order chi connectivity index (χ0) is 15.8. The van der Waals surface area contributed by atoms with Crippen molar-refractivity contribution in [3.8, 4) is 11.5 Å². The zero-order valence-corrected chi connectivity index (χ0v) is 10.6. The molecule has 0 aliphatic heterocycles. The van der Waals surface area contributed by atoms with E-state index in [9.17, 15) is 26.7 Å². The molecule has 1 N–H and O–H groups in total. The molecule has 2 aromatic rings. The molecule has 0 atom stereocenters. The molecule has 0 aromatic carbocycles. The molecule has 0 bridgehead atoms. The van der Waals surface area contributed by atoms with Crippen molar-refractivity contribution in [2.75, 3.05) is 0 Å². The van der Waals surface area contributed by atoms with Gasteiger partial charge in [-0.1, -0.05) is 11.6 Å². The van der Waals surface area contributed by atoms with E-state index in [4.69, 9.17) is 11.6 Å². The number of alkyl halides is 5. The Morgan fingerprint density at radius 2 is 1.90 bits per heavy atom. The van der Waals surface area contributed by atoms with Gasteiger partial charge in [-0.15, -0.1) is 0 Å². The summed E-state index contributed by atoms with van der Waals surface area (Å²) in [6.07, 6.45) is -7.20. The number of H-pyrrole nitrogens is 1. The molecule has 0 saturated heterocycles. The van der Waals surface area contributed by atoms with Gasteiger partial charge in [-0.25, -0.2) is 13.8 Å². The lowest BCUT2D eigenvalue weighted by Crippen LogP contribution is -2.12. The minimum atomic E-state index is -4.65. The van der Waals surface area contributed by atoms with E-state index >= 15 is 0 Å². The predicted octanol–water partition coefficient (Wildman–Crippen LogP) is 3.44. The fourth-order valence-electron chi connectivity index (χ4n) is 1.47. The molecular formula is C11H5ClF5N3O. The number of nitrogens with one attached hydrogen (secondary N) is 1. The van der Waals surface area contributed by atoms with Gasteiger partial charge in [0.05, 0.1) is 10.6 Å². The van der Waals surface area contributed by atoms with E-state index in [-0.39, 0.29) is 5.69 Å². The Morgan fingerprint density at radius 3 is 2.43 bits per heavy atom. The normalized spacial score (nSPS) is 12.0. The Hall–Kier alpha value is -2.03. The summed E-state index contributed by atoms with van der Waals surface area (Å²) in [6.45, 7) is 0. The van der Waals surface area contributed by atoms with Crippen LogP contribution in [-0.4, -0.2) is 15.0 Å². The Kier molecular flexibility index (Phi) is 3.95. The minimum Gasteiger partial charge on any atom is -0.305 e. The maximum absolute atomic E-state index is 12.5. The standard InChI is InChI=1S/C11H5ClF5N3O/c12-5-1-4(11(15,16)17)3-18-8(5)10-19-6(9(13)14)2-7(21)20-10/h1-3,9H,(H,19,20,21). The largest absolute Gasteiger partial charge is 0.417 e. The quantitative estimate of drug-likeness (QED) is 0.860. The summed E-state index contributed by atoms with van der Waals surface area (Å²) in [5.74, 6) is -0.434. The summed E-state index contributed by atoms with van der Waals surface area (Å²) >= 11 is 5.64. The third-order valence-electron chi connectivity index (χ3n) is 2.38. The van der Waals surface area contributed by atoms with E-state index in [2.05, 4.69) is 15.0 Å². The Bertz CT molecular complexity index is 729. The molecule has 0 fully saturated rings. The van der Waals surface area contributed by atoms with Gasteiger partial charge in [0.15, 0.2) is 5.82 Å². The van der Waals surface area contributed by atoms with E-state index in [1.54, 1.807) is 0 Å². The van der Waals surface area contributed by atoms with Gasteiger partial charge in [0.2, 0.25) is 0 Å². The summed E-state index contributed by atoms with van der Waals surface area (Å²) in [6, 6.07) is 1.14. The van der Waals surface area contributed by atoms with Crippen molar-refractivity contribution in [3.05, 3.63) is 45.0 Å². The van der Waals surface area contributed by atoms with Gasteiger partial charge < -0.3 is 4.98 Å². The van der Waals surface area contributed by atoms with Gasteiger partial charge in [-0.2, -0.15) is 13.2 Å². The Balaban J connectivity index is 2.55. The molecule has 112 valence electrons. The molecule has 0 radical (unpaired) electrons. The van der Waals surface area contributed by atoms with Crippen LogP contribution < -0.4 is 5.56 Å². The number of aromatic amines is 1. The molecule has 2 rings (SSSR count). The topological polar surface area (TPSA) is 58.6 Å². The second-order valence-electron chi connectivity index (χ2n) is 3.87. The van der Waals surface area contributed by atoms with Crippen molar-refractivity contribution < 1.29 is 22.0 Å². The highest BCUT2D eigenvalue weighted by molar-refractivity contribution is 6.32. The third-order valence-corrected chi connectivity index (χ3v) is 2.67. The summed E-state index contributed by atoms with van der Waals surface area (Å²) in [4.78, 5) is 20.2. The van der Waals surface area contributed by atoms with Gasteiger partial charge in [-0.3, -0.25) is 9.78 Å². The first-order valence-electron chi connectivity index (χ1n) is 5.31. The van der Waals surface area contributed by atoms with E-state index in [0.717, 1.165) is 0 Å². The van der Waals surface area contributed by atoms with E-state index in [0.29, 0.717) is 18.3 Å². The maximum Gasteiger partial charge on any atom is 0.417 e. The molecule has 10 heteroatoms. The number of halogens is 6. The SMILES string of the molecule is O=c1cc(C(F)F)nc(-c2ncc(C(F)(F)F)cc2Cl)[nH]1. The van der Waals surface area contributed by atoms with Gasteiger partial charge in [-0.05, 0) is 6.07 Å². The first-order chi connectivity index (χ1) is 9.68. The highest BCUT2D eigenvalue weighted by Gasteiger charge is 2.32. The Morgan fingerprint density at radius 1 is 1.24 bits per heavy atom. The van der Waals surface area contributed by atoms with Gasteiger partial charge in [0, 0.05) is 12.3 Å². The molecule has 0 aliphatic carbocycles. The summed E-state index contributed by atoms with van der Waals surface area (Å²) < 4.78 is 62.5. The van der Waals surface area contributed by atoms with Crippen LogP contribution >= 0.6 is 11.6 Å². The lowest BCUT2D eigenvalue weighted by molar-refractivity contribution is -0.137. The van der Waals surface area contributed by atoms with Crippen molar-refractivity contribution in [1.82, 2.24) is 15.0 Å². The molecule has 2 aromatic heterocycles. The zero-order valence-electron chi connectivity index (χ0n) is 9.88. The lowest BCUT2D eigenvalue weighted by Gasteiger charge is -2.09. The minimum absolute atomic E-state index is 0.329. The molecule has 0 amide bonds. The van der Waals surface area contributed by atoms with E-state index < -0.39 is 40.3 Å². The second kappa shape index (κ2) is 5.40. The lowest BCUT2D eigenvalue weighted by atomic mass is 10.2. The highest BCUT2D eigenvalue weighted by Crippen LogP contribution is 2.33. The van der Waals surface area contributed by atoms with Crippen LogP contribution in [0, 0.1) is 0 Å².